The Bertz CT molecular complexity index is 293. The van der Waals surface area contributed by atoms with Gasteiger partial charge in [-0.05, 0) is 43.9 Å². The molecule has 2 fully saturated rings. The van der Waals surface area contributed by atoms with E-state index in [1.165, 1.54) is 32.1 Å². The Kier molecular flexibility index (Phi) is 6.46. The van der Waals surface area contributed by atoms with Crippen molar-refractivity contribution in [2.24, 2.45) is 16.3 Å². The van der Waals surface area contributed by atoms with E-state index in [9.17, 15) is 0 Å². The molecule has 0 aromatic rings. The maximum absolute atomic E-state index is 4.75. The van der Waals surface area contributed by atoms with Crippen molar-refractivity contribution >= 4 is 29.9 Å². The van der Waals surface area contributed by atoms with Gasteiger partial charge in [-0.1, -0.05) is 12.5 Å². The highest BCUT2D eigenvalue weighted by atomic mass is 127. The Balaban J connectivity index is 0.00000162. The van der Waals surface area contributed by atoms with E-state index >= 15 is 0 Å². The second kappa shape index (κ2) is 7.36. The van der Waals surface area contributed by atoms with E-state index in [0.29, 0.717) is 5.41 Å². The molecule has 0 spiro atoms. The van der Waals surface area contributed by atoms with Crippen molar-refractivity contribution in [3.63, 3.8) is 0 Å². The summed E-state index contributed by atoms with van der Waals surface area (Å²) in [6.07, 6.45) is 8.93. The fourth-order valence-corrected chi connectivity index (χ4v) is 2.77. The van der Waals surface area contributed by atoms with Gasteiger partial charge >= 0.3 is 0 Å². The summed E-state index contributed by atoms with van der Waals surface area (Å²) in [5.74, 6) is 1.92. The molecule has 3 nitrogen and oxygen atoms in total. The summed E-state index contributed by atoms with van der Waals surface area (Å²) in [7, 11) is 0. The molecule has 0 amide bonds. The molecule has 2 rings (SSSR count). The van der Waals surface area contributed by atoms with E-state index in [4.69, 9.17) is 4.99 Å². The molecule has 2 N–H and O–H groups in total. The van der Waals surface area contributed by atoms with Crippen LogP contribution in [-0.4, -0.2) is 25.6 Å². The number of nitrogens with zero attached hydrogens (tertiary/aromatic N) is 1. The maximum atomic E-state index is 4.75. The fourth-order valence-electron chi connectivity index (χ4n) is 2.77. The Morgan fingerprint density at radius 3 is 2.56 bits per heavy atom. The second-order valence-electron chi connectivity index (χ2n) is 5.35. The van der Waals surface area contributed by atoms with Crippen molar-refractivity contribution in [1.82, 2.24) is 10.6 Å². The lowest BCUT2D eigenvalue weighted by Gasteiger charge is -2.41. The summed E-state index contributed by atoms with van der Waals surface area (Å²) < 4.78 is 0. The summed E-state index contributed by atoms with van der Waals surface area (Å²) in [6.45, 7) is 8.52. The van der Waals surface area contributed by atoms with Crippen LogP contribution in [0.2, 0.25) is 0 Å². The topological polar surface area (TPSA) is 36.4 Å². The molecule has 0 atom stereocenters. The minimum atomic E-state index is 0. The number of rotatable bonds is 6. The third kappa shape index (κ3) is 3.87. The van der Waals surface area contributed by atoms with Gasteiger partial charge in [-0.2, -0.15) is 0 Å². The lowest BCUT2D eigenvalue weighted by molar-refractivity contribution is 0.113. The number of aliphatic imine (C=N–C) groups is 1. The number of nitrogens with one attached hydrogen (secondary N) is 2. The smallest absolute Gasteiger partial charge is 0.191 e. The summed E-state index contributed by atoms with van der Waals surface area (Å²) in [6, 6.07) is 0. The van der Waals surface area contributed by atoms with Gasteiger partial charge in [0.1, 0.15) is 0 Å². The molecule has 0 aromatic carbocycles. The van der Waals surface area contributed by atoms with Crippen LogP contribution in [0.15, 0.2) is 17.6 Å². The van der Waals surface area contributed by atoms with Crippen LogP contribution in [0.25, 0.3) is 0 Å². The number of hydrogen-bond acceptors (Lipinski definition) is 1. The van der Waals surface area contributed by atoms with Gasteiger partial charge in [0.05, 0.1) is 0 Å². The van der Waals surface area contributed by atoms with Crippen molar-refractivity contribution in [3.8, 4) is 0 Å². The molecule has 2 aliphatic rings. The first kappa shape index (κ1) is 15.8. The normalized spacial score (nSPS) is 21.5. The molecule has 0 heterocycles. The highest BCUT2D eigenvalue weighted by Gasteiger charge is 2.48. The average molecular weight is 363 g/mol. The van der Waals surface area contributed by atoms with Gasteiger partial charge in [0.25, 0.3) is 0 Å². The van der Waals surface area contributed by atoms with Crippen LogP contribution in [-0.2, 0) is 0 Å². The first-order chi connectivity index (χ1) is 8.30. The van der Waals surface area contributed by atoms with Crippen LogP contribution < -0.4 is 10.6 Å². The average Bonchev–Trinajstić information content (AvgIpc) is 3.08. The Morgan fingerprint density at radius 2 is 2.11 bits per heavy atom. The number of guanidine groups is 1. The molecule has 2 saturated carbocycles. The monoisotopic (exact) mass is 363 g/mol. The first-order valence-electron chi connectivity index (χ1n) is 6.94. The zero-order valence-electron chi connectivity index (χ0n) is 11.4. The van der Waals surface area contributed by atoms with Crippen LogP contribution in [0.1, 0.15) is 39.0 Å². The summed E-state index contributed by atoms with van der Waals surface area (Å²) in [5, 5.41) is 6.56. The van der Waals surface area contributed by atoms with Crippen molar-refractivity contribution in [2.45, 2.75) is 39.0 Å². The maximum Gasteiger partial charge on any atom is 0.191 e. The lowest BCUT2D eigenvalue weighted by Crippen LogP contribution is -2.40. The van der Waals surface area contributed by atoms with E-state index < -0.39 is 0 Å². The van der Waals surface area contributed by atoms with Gasteiger partial charge in [0.15, 0.2) is 5.96 Å². The highest BCUT2D eigenvalue weighted by molar-refractivity contribution is 14.0. The van der Waals surface area contributed by atoms with Crippen molar-refractivity contribution in [3.05, 3.63) is 12.7 Å². The minimum Gasteiger partial charge on any atom is -0.357 e. The zero-order chi connectivity index (χ0) is 12.1. The quantitative estimate of drug-likeness (QED) is 0.330. The van der Waals surface area contributed by atoms with E-state index in [-0.39, 0.29) is 24.0 Å². The highest BCUT2D eigenvalue weighted by Crippen LogP contribution is 2.57. The van der Waals surface area contributed by atoms with E-state index in [0.717, 1.165) is 31.5 Å². The largest absolute Gasteiger partial charge is 0.357 e. The van der Waals surface area contributed by atoms with Crippen molar-refractivity contribution < 1.29 is 0 Å². The first-order valence-corrected chi connectivity index (χ1v) is 6.94. The molecule has 0 bridgehead atoms. The fraction of sp³-hybridized carbons (Fsp3) is 0.786. The molecule has 0 aromatic heterocycles. The molecule has 0 saturated heterocycles. The summed E-state index contributed by atoms with van der Waals surface area (Å²) in [4.78, 5) is 4.75. The summed E-state index contributed by atoms with van der Waals surface area (Å²) >= 11 is 0. The molecule has 0 unspecified atom stereocenters. The summed E-state index contributed by atoms with van der Waals surface area (Å²) in [5.41, 5.74) is 0.566. The van der Waals surface area contributed by atoms with E-state index in [2.05, 4.69) is 24.1 Å². The SMILES string of the molecule is C=CCNC(=NCC1(C2CC2)CCC1)NCC.I. The second-order valence-corrected chi connectivity index (χ2v) is 5.35. The molecule has 2 aliphatic carbocycles. The van der Waals surface area contributed by atoms with Crippen LogP contribution in [0.3, 0.4) is 0 Å². The van der Waals surface area contributed by atoms with Crippen molar-refractivity contribution in [2.75, 3.05) is 19.6 Å². The van der Waals surface area contributed by atoms with Gasteiger partial charge in [0, 0.05) is 19.6 Å². The number of hydrogen-bond donors (Lipinski definition) is 2. The van der Waals surface area contributed by atoms with E-state index in [1.54, 1.807) is 0 Å². The third-order valence-corrected chi connectivity index (χ3v) is 4.10. The van der Waals surface area contributed by atoms with Crippen LogP contribution >= 0.6 is 24.0 Å². The molecule has 4 heteroatoms. The van der Waals surface area contributed by atoms with E-state index in [1.807, 2.05) is 6.08 Å². The minimum absolute atomic E-state index is 0. The van der Waals surface area contributed by atoms with Gasteiger partial charge in [-0.15, -0.1) is 30.6 Å². The van der Waals surface area contributed by atoms with Gasteiger partial charge in [-0.3, -0.25) is 4.99 Å². The molecular weight excluding hydrogens is 337 g/mol. The van der Waals surface area contributed by atoms with Crippen molar-refractivity contribution in [1.29, 1.82) is 0 Å². The van der Waals surface area contributed by atoms with Crippen LogP contribution in [0.4, 0.5) is 0 Å². The Morgan fingerprint density at radius 1 is 1.39 bits per heavy atom. The predicted molar refractivity (Wildman–Crippen MR) is 88.6 cm³/mol. The van der Waals surface area contributed by atoms with Gasteiger partial charge < -0.3 is 10.6 Å². The van der Waals surface area contributed by atoms with Crippen LogP contribution in [0, 0.1) is 11.3 Å². The number of halogens is 1. The Hall–Kier alpha value is -0.260. The van der Waals surface area contributed by atoms with Gasteiger partial charge in [-0.25, -0.2) is 0 Å². The standard InChI is InChI=1S/C14H25N3.HI/c1-3-10-16-13(15-4-2)17-11-14(8-5-9-14)12-6-7-12;/h3,12H,1,4-11H2,2H3,(H2,15,16,17);1H. The molecule has 18 heavy (non-hydrogen) atoms. The Labute approximate surface area is 128 Å². The molecule has 104 valence electrons. The molecule has 0 aliphatic heterocycles. The zero-order valence-corrected chi connectivity index (χ0v) is 13.7. The molecule has 0 radical (unpaired) electrons. The van der Waals surface area contributed by atoms with Gasteiger partial charge in [0.2, 0.25) is 0 Å². The van der Waals surface area contributed by atoms with Crippen LogP contribution in [0.5, 0.6) is 0 Å². The molecular formula is C14H26IN3. The third-order valence-electron chi connectivity index (χ3n) is 4.10. The predicted octanol–water partition coefficient (Wildman–Crippen LogP) is 2.93. The lowest BCUT2D eigenvalue weighted by atomic mass is 9.65.